The molecular formula is C8H13F3N2. The van der Waals surface area contributed by atoms with E-state index in [1.807, 2.05) is 0 Å². The van der Waals surface area contributed by atoms with Crippen molar-refractivity contribution in [3.8, 4) is 0 Å². The zero-order chi connectivity index (χ0) is 9.74. The average molecular weight is 194 g/mol. The second kappa shape index (κ2) is 2.39. The van der Waals surface area contributed by atoms with Gasteiger partial charge in [-0.15, -0.1) is 0 Å². The van der Waals surface area contributed by atoms with Gasteiger partial charge in [0.05, 0.1) is 0 Å². The van der Waals surface area contributed by atoms with Gasteiger partial charge in [0.15, 0.2) is 0 Å². The minimum Gasteiger partial charge on any atom is -0.324 e. The summed E-state index contributed by atoms with van der Waals surface area (Å²) in [6, 6.07) is 0. The lowest BCUT2D eigenvalue weighted by atomic mass is 10.2. The molecule has 0 amide bonds. The molecule has 0 aliphatic heterocycles. The molecule has 3 N–H and O–H groups in total. The lowest BCUT2D eigenvalue weighted by molar-refractivity contribution is -0.166. The van der Waals surface area contributed by atoms with Gasteiger partial charge in [0.25, 0.3) is 0 Å². The van der Waals surface area contributed by atoms with E-state index in [0.29, 0.717) is 6.54 Å². The summed E-state index contributed by atoms with van der Waals surface area (Å²) in [7, 11) is 0. The van der Waals surface area contributed by atoms with Gasteiger partial charge in [-0.3, -0.25) is 0 Å². The van der Waals surface area contributed by atoms with Gasteiger partial charge in [0.1, 0.15) is 5.54 Å². The molecule has 13 heavy (non-hydrogen) atoms. The Morgan fingerprint density at radius 2 is 1.69 bits per heavy atom. The van der Waals surface area contributed by atoms with Crippen LogP contribution in [0.15, 0.2) is 0 Å². The van der Waals surface area contributed by atoms with Crippen LogP contribution in [0.5, 0.6) is 0 Å². The zero-order valence-electron chi connectivity index (χ0n) is 7.25. The maximum Gasteiger partial charge on any atom is 0.406 e. The Morgan fingerprint density at radius 1 is 1.15 bits per heavy atom. The SMILES string of the molecule is NC1(CNC2(C(F)(F)F)CC2)CC1. The van der Waals surface area contributed by atoms with Crippen LogP contribution in [-0.2, 0) is 0 Å². The molecule has 76 valence electrons. The van der Waals surface area contributed by atoms with Crippen molar-refractivity contribution in [3.63, 3.8) is 0 Å². The van der Waals surface area contributed by atoms with Crippen LogP contribution in [0.2, 0.25) is 0 Å². The second-order valence-electron chi connectivity index (χ2n) is 4.30. The van der Waals surface area contributed by atoms with Gasteiger partial charge in [-0.25, -0.2) is 0 Å². The number of hydrogen-bond donors (Lipinski definition) is 2. The van der Waals surface area contributed by atoms with Gasteiger partial charge < -0.3 is 11.1 Å². The van der Waals surface area contributed by atoms with E-state index in [1.165, 1.54) is 0 Å². The van der Waals surface area contributed by atoms with Crippen molar-refractivity contribution >= 4 is 0 Å². The summed E-state index contributed by atoms with van der Waals surface area (Å²) < 4.78 is 37.2. The van der Waals surface area contributed by atoms with E-state index in [9.17, 15) is 13.2 Å². The third-order valence-corrected chi connectivity index (χ3v) is 2.96. The van der Waals surface area contributed by atoms with Crippen LogP contribution >= 0.6 is 0 Å². The van der Waals surface area contributed by atoms with Crippen LogP contribution in [0.1, 0.15) is 25.7 Å². The monoisotopic (exact) mass is 194 g/mol. The van der Waals surface area contributed by atoms with Gasteiger partial charge >= 0.3 is 6.18 Å². The van der Waals surface area contributed by atoms with E-state index >= 15 is 0 Å². The van der Waals surface area contributed by atoms with E-state index < -0.39 is 11.7 Å². The van der Waals surface area contributed by atoms with Crippen molar-refractivity contribution in [1.82, 2.24) is 5.32 Å². The van der Waals surface area contributed by atoms with Gasteiger partial charge in [-0.05, 0) is 25.7 Å². The Morgan fingerprint density at radius 3 is 2.00 bits per heavy atom. The number of rotatable bonds is 3. The first-order chi connectivity index (χ1) is 5.87. The molecule has 0 radical (unpaired) electrons. The topological polar surface area (TPSA) is 38.0 Å². The summed E-state index contributed by atoms with van der Waals surface area (Å²) in [6.45, 7) is 0.298. The summed E-state index contributed by atoms with van der Waals surface area (Å²) >= 11 is 0. The summed E-state index contributed by atoms with van der Waals surface area (Å²) in [5, 5.41) is 2.56. The Bertz CT molecular complexity index is 216. The molecule has 2 aliphatic rings. The van der Waals surface area contributed by atoms with Crippen molar-refractivity contribution in [3.05, 3.63) is 0 Å². The molecule has 2 rings (SSSR count). The molecule has 0 unspecified atom stereocenters. The maximum atomic E-state index is 12.4. The highest BCUT2D eigenvalue weighted by atomic mass is 19.4. The Balaban J connectivity index is 1.87. The quantitative estimate of drug-likeness (QED) is 0.707. The molecule has 0 heterocycles. The third-order valence-electron chi connectivity index (χ3n) is 2.96. The van der Waals surface area contributed by atoms with Gasteiger partial charge in [0.2, 0.25) is 0 Å². The molecule has 2 nitrogen and oxygen atoms in total. The van der Waals surface area contributed by atoms with Crippen molar-refractivity contribution in [1.29, 1.82) is 0 Å². The highest BCUT2D eigenvalue weighted by Crippen LogP contribution is 2.49. The summed E-state index contributed by atoms with van der Waals surface area (Å²) in [5.74, 6) is 0. The molecular weight excluding hydrogens is 181 g/mol. The van der Waals surface area contributed by atoms with Gasteiger partial charge in [-0.1, -0.05) is 0 Å². The minimum absolute atomic E-state index is 0.201. The first-order valence-corrected chi connectivity index (χ1v) is 4.48. The van der Waals surface area contributed by atoms with Crippen LogP contribution < -0.4 is 11.1 Å². The summed E-state index contributed by atoms with van der Waals surface area (Å²) in [4.78, 5) is 0. The van der Waals surface area contributed by atoms with Gasteiger partial charge in [0, 0.05) is 12.1 Å². The van der Waals surface area contributed by atoms with Crippen LogP contribution in [0, 0.1) is 0 Å². The Labute approximate surface area is 74.7 Å². The number of halogens is 3. The molecule has 0 aromatic heterocycles. The largest absolute Gasteiger partial charge is 0.406 e. The van der Waals surface area contributed by atoms with Crippen LogP contribution in [0.4, 0.5) is 13.2 Å². The van der Waals surface area contributed by atoms with Crippen molar-refractivity contribution in [2.75, 3.05) is 6.54 Å². The first-order valence-electron chi connectivity index (χ1n) is 4.48. The molecule has 0 saturated heterocycles. The Hall–Kier alpha value is -0.290. The molecule has 0 aromatic carbocycles. The van der Waals surface area contributed by atoms with Gasteiger partial charge in [-0.2, -0.15) is 13.2 Å². The van der Waals surface area contributed by atoms with Crippen molar-refractivity contribution in [2.24, 2.45) is 5.73 Å². The molecule has 0 aromatic rings. The minimum atomic E-state index is -4.11. The van der Waals surface area contributed by atoms with Crippen LogP contribution in [0.25, 0.3) is 0 Å². The van der Waals surface area contributed by atoms with E-state index in [-0.39, 0.29) is 18.4 Å². The standard InChI is InChI=1S/C8H13F3N2/c9-8(10,11)7(3-4-7)13-5-6(12)1-2-6/h13H,1-5,12H2. The first kappa shape index (κ1) is 9.27. The molecule has 0 spiro atoms. The molecule has 0 bridgehead atoms. The Kier molecular flexibility index (Phi) is 1.70. The molecule has 0 atom stereocenters. The number of hydrogen-bond acceptors (Lipinski definition) is 2. The normalized spacial score (nSPS) is 28.6. The van der Waals surface area contributed by atoms with E-state index in [0.717, 1.165) is 12.8 Å². The average Bonchev–Trinajstić information content (AvgIpc) is 2.79. The van der Waals surface area contributed by atoms with Crippen molar-refractivity contribution in [2.45, 2.75) is 42.9 Å². The maximum absolute atomic E-state index is 12.4. The van der Waals surface area contributed by atoms with Crippen molar-refractivity contribution < 1.29 is 13.2 Å². The van der Waals surface area contributed by atoms with Crippen LogP contribution in [0.3, 0.4) is 0 Å². The predicted octanol–water partition coefficient (Wildman–Crippen LogP) is 1.16. The molecule has 2 fully saturated rings. The summed E-state index contributed by atoms with van der Waals surface area (Å²) in [6.07, 6.45) is -2.03. The fourth-order valence-electron chi connectivity index (χ4n) is 1.37. The molecule has 5 heteroatoms. The second-order valence-corrected chi connectivity index (χ2v) is 4.30. The number of nitrogens with one attached hydrogen (secondary N) is 1. The zero-order valence-corrected chi connectivity index (χ0v) is 7.25. The third kappa shape index (κ3) is 1.67. The summed E-state index contributed by atoms with van der Waals surface area (Å²) in [5.41, 5.74) is 3.75. The highest BCUT2D eigenvalue weighted by molar-refractivity contribution is 5.11. The lowest BCUT2D eigenvalue weighted by Gasteiger charge is -2.22. The number of nitrogens with two attached hydrogens (primary N) is 1. The molecule has 2 saturated carbocycles. The molecule has 2 aliphatic carbocycles. The fourth-order valence-corrected chi connectivity index (χ4v) is 1.37. The lowest BCUT2D eigenvalue weighted by Crippen LogP contribution is -2.50. The van der Waals surface area contributed by atoms with E-state index in [2.05, 4.69) is 5.32 Å². The number of alkyl halides is 3. The predicted molar refractivity (Wildman–Crippen MR) is 42.2 cm³/mol. The van der Waals surface area contributed by atoms with E-state index in [4.69, 9.17) is 5.73 Å². The van der Waals surface area contributed by atoms with Crippen LogP contribution in [-0.4, -0.2) is 23.8 Å². The fraction of sp³-hybridized carbons (Fsp3) is 1.00. The smallest absolute Gasteiger partial charge is 0.324 e. The highest BCUT2D eigenvalue weighted by Gasteiger charge is 2.63. The van der Waals surface area contributed by atoms with E-state index in [1.54, 1.807) is 0 Å².